The minimum atomic E-state index is -3.84. The Bertz CT molecular complexity index is 1010. The lowest BCUT2D eigenvalue weighted by Gasteiger charge is -2.17. The minimum Gasteiger partial charge on any atom is -0.355 e. The van der Waals surface area contributed by atoms with Crippen molar-refractivity contribution >= 4 is 33.9 Å². The van der Waals surface area contributed by atoms with Crippen molar-refractivity contribution in [3.63, 3.8) is 0 Å². The molecule has 1 amide bonds. The number of nitrogens with one attached hydrogen (secondary N) is 2. The van der Waals surface area contributed by atoms with E-state index in [1.54, 1.807) is 0 Å². The second kappa shape index (κ2) is 9.22. The van der Waals surface area contributed by atoms with Gasteiger partial charge in [-0.1, -0.05) is 12.1 Å². The van der Waals surface area contributed by atoms with Gasteiger partial charge in [0.15, 0.2) is 10.6 Å². The molecule has 0 aliphatic carbocycles. The second-order valence-electron chi connectivity index (χ2n) is 6.13. The molecule has 0 bridgehead atoms. The molecule has 11 heteroatoms. The number of sulfonamides is 1. The van der Waals surface area contributed by atoms with Crippen molar-refractivity contribution in [3.05, 3.63) is 40.4 Å². The van der Waals surface area contributed by atoms with E-state index in [1.807, 2.05) is 11.5 Å². The molecule has 0 aliphatic heterocycles. The average molecular weight is 426 g/mol. The molecule has 0 spiro atoms. The van der Waals surface area contributed by atoms with E-state index in [0.29, 0.717) is 29.8 Å². The molecule has 0 aliphatic rings. The number of ketones is 1. The Kier molecular flexibility index (Phi) is 7.22. The van der Waals surface area contributed by atoms with Gasteiger partial charge in [0.05, 0.1) is 11.4 Å². The van der Waals surface area contributed by atoms with Crippen molar-refractivity contribution < 1.29 is 18.0 Å². The second-order valence-corrected chi connectivity index (χ2v) is 8.56. The van der Waals surface area contributed by atoms with Crippen LogP contribution in [0.5, 0.6) is 0 Å². The molecule has 9 nitrogen and oxygen atoms in total. The number of benzene rings is 1. The summed E-state index contributed by atoms with van der Waals surface area (Å²) in [6.07, 6.45) is 0.468. The van der Waals surface area contributed by atoms with Gasteiger partial charge in [-0.25, -0.2) is 8.42 Å². The fourth-order valence-electron chi connectivity index (χ4n) is 2.57. The number of carbonyl (C=O) groups is 2. The van der Waals surface area contributed by atoms with Gasteiger partial charge in [0, 0.05) is 32.1 Å². The van der Waals surface area contributed by atoms with Crippen LogP contribution in [0, 0.1) is 4.77 Å². The zero-order valence-electron chi connectivity index (χ0n) is 15.9. The van der Waals surface area contributed by atoms with Crippen LogP contribution in [0.15, 0.2) is 29.2 Å². The fraction of sp³-hybridized carbons (Fsp3) is 0.412. The van der Waals surface area contributed by atoms with Gasteiger partial charge >= 0.3 is 0 Å². The topological polar surface area (TPSA) is 117 Å². The van der Waals surface area contributed by atoms with E-state index in [4.69, 9.17) is 12.2 Å². The number of hydrogen-bond donors (Lipinski definition) is 2. The molecule has 2 rings (SSSR count). The Labute approximate surface area is 168 Å². The van der Waals surface area contributed by atoms with Crippen molar-refractivity contribution in [2.45, 2.75) is 31.7 Å². The average Bonchev–Trinajstić information content (AvgIpc) is 3.01. The zero-order valence-corrected chi connectivity index (χ0v) is 17.6. The number of amides is 1. The van der Waals surface area contributed by atoms with Crippen LogP contribution in [0.3, 0.4) is 0 Å². The van der Waals surface area contributed by atoms with E-state index >= 15 is 0 Å². The van der Waals surface area contributed by atoms with Gasteiger partial charge < -0.3 is 9.88 Å². The summed E-state index contributed by atoms with van der Waals surface area (Å²) in [7, 11) is -2.51. The third-order valence-electron chi connectivity index (χ3n) is 4.16. The van der Waals surface area contributed by atoms with Gasteiger partial charge in [-0.3, -0.25) is 14.7 Å². The van der Waals surface area contributed by atoms with Crippen molar-refractivity contribution in [2.75, 3.05) is 20.1 Å². The summed E-state index contributed by atoms with van der Waals surface area (Å²) >= 11 is 5.11. The first-order chi connectivity index (χ1) is 13.2. The molecule has 2 N–H and O–H groups in total. The summed E-state index contributed by atoms with van der Waals surface area (Å²) in [5, 5.41) is 9.49. The summed E-state index contributed by atoms with van der Waals surface area (Å²) < 4.78 is 28.4. The summed E-state index contributed by atoms with van der Waals surface area (Å²) in [6, 6.07) is 5.61. The summed E-state index contributed by atoms with van der Waals surface area (Å²) in [6.45, 7) is 4.00. The lowest BCUT2D eigenvalue weighted by atomic mass is 10.2. The summed E-state index contributed by atoms with van der Waals surface area (Å²) in [4.78, 5) is 23.4. The Morgan fingerprint density at radius 2 is 1.93 bits per heavy atom. The smallest absolute Gasteiger partial charge is 0.243 e. The number of carbonyl (C=O) groups excluding carboxylic acids is 2. The molecule has 152 valence electrons. The van der Waals surface area contributed by atoms with Crippen molar-refractivity contribution in [3.8, 4) is 0 Å². The molecule has 1 heterocycles. The Morgan fingerprint density at radius 3 is 2.50 bits per heavy atom. The summed E-state index contributed by atoms with van der Waals surface area (Å²) in [5.41, 5.74) is 0.421. The van der Waals surface area contributed by atoms with Gasteiger partial charge in [0.1, 0.15) is 5.82 Å². The maximum absolute atomic E-state index is 12.6. The third-order valence-corrected chi connectivity index (χ3v) is 6.29. The van der Waals surface area contributed by atoms with E-state index in [0.717, 1.165) is 10.1 Å². The number of likely N-dealkylation sites (N-methyl/N-ethyl adjacent to an activating group) is 1. The normalized spacial score (nSPS) is 11.6. The van der Waals surface area contributed by atoms with Gasteiger partial charge in [-0.05, 0) is 38.2 Å². The maximum atomic E-state index is 12.6. The Morgan fingerprint density at radius 1 is 1.29 bits per heavy atom. The molecule has 0 radical (unpaired) electrons. The Hall–Kier alpha value is -2.37. The first-order valence-corrected chi connectivity index (χ1v) is 10.5. The number of Topliss-reactive ketones (excluding diaryl/α,β-unsaturated/α-hetero) is 1. The number of aromatic amines is 1. The molecular weight excluding hydrogens is 402 g/mol. The molecule has 0 unspecified atom stereocenters. The van der Waals surface area contributed by atoms with Crippen LogP contribution in [0.4, 0.5) is 0 Å². The molecule has 28 heavy (non-hydrogen) atoms. The molecule has 0 atom stereocenters. The largest absolute Gasteiger partial charge is 0.355 e. The standard InChI is InChI=1S/C17H23N5O4S2/c1-4-22-15(19-20-17(22)27)9-10-18-16(24)11-21(3)28(25,26)14-7-5-13(6-8-14)12(2)23/h5-8H,4,9-11H2,1-3H3,(H,18,24)(H,20,27). The number of aromatic nitrogens is 3. The first-order valence-electron chi connectivity index (χ1n) is 8.65. The van der Waals surface area contributed by atoms with E-state index < -0.39 is 15.9 Å². The summed E-state index contributed by atoms with van der Waals surface area (Å²) in [5.74, 6) is 0.143. The highest BCUT2D eigenvalue weighted by Crippen LogP contribution is 2.15. The van der Waals surface area contributed by atoms with E-state index in [-0.39, 0.29) is 17.2 Å². The highest BCUT2D eigenvalue weighted by atomic mass is 32.2. The maximum Gasteiger partial charge on any atom is 0.243 e. The van der Waals surface area contributed by atoms with Gasteiger partial charge in [0.25, 0.3) is 0 Å². The highest BCUT2D eigenvalue weighted by molar-refractivity contribution is 7.89. The molecule has 0 fully saturated rings. The first kappa shape index (κ1) is 21.9. The zero-order chi connectivity index (χ0) is 20.9. The molecular formula is C17H23N5O4S2. The van der Waals surface area contributed by atoms with Crippen LogP contribution < -0.4 is 5.32 Å². The van der Waals surface area contributed by atoms with E-state index in [9.17, 15) is 18.0 Å². The van der Waals surface area contributed by atoms with Crippen LogP contribution in [0.1, 0.15) is 30.0 Å². The molecule has 1 aromatic heterocycles. The van der Waals surface area contributed by atoms with Gasteiger partial charge in [0.2, 0.25) is 15.9 Å². The minimum absolute atomic E-state index is 0.0197. The van der Waals surface area contributed by atoms with Crippen LogP contribution in [-0.2, 0) is 27.8 Å². The fourth-order valence-corrected chi connectivity index (χ4v) is 3.97. The molecule has 2 aromatic rings. The monoisotopic (exact) mass is 425 g/mol. The van der Waals surface area contributed by atoms with Gasteiger partial charge in [-0.15, -0.1) is 0 Å². The van der Waals surface area contributed by atoms with Crippen LogP contribution in [0.2, 0.25) is 0 Å². The Balaban J connectivity index is 1.93. The molecule has 0 saturated heterocycles. The van der Waals surface area contributed by atoms with Crippen molar-refractivity contribution in [2.24, 2.45) is 0 Å². The number of hydrogen-bond acceptors (Lipinski definition) is 6. The lowest BCUT2D eigenvalue weighted by molar-refractivity contribution is -0.121. The quantitative estimate of drug-likeness (QED) is 0.460. The van der Waals surface area contributed by atoms with Crippen molar-refractivity contribution in [1.82, 2.24) is 24.4 Å². The third kappa shape index (κ3) is 5.12. The van der Waals surface area contributed by atoms with E-state index in [1.165, 1.54) is 38.2 Å². The van der Waals surface area contributed by atoms with Crippen LogP contribution >= 0.6 is 12.2 Å². The number of rotatable bonds is 9. The van der Waals surface area contributed by atoms with Gasteiger partial charge in [-0.2, -0.15) is 9.40 Å². The van der Waals surface area contributed by atoms with Crippen LogP contribution in [0.25, 0.3) is 0 Å². The SMILES string of the molecule is CCn1c(CCNC(=O)CN(C)S(=O)(=O)c2ccc(C(C)=O)cc2)n[nH]c1=S. The van der Waals surface area contributed by atoms with Crippen molar-refractivity contribution in [1.29, 1.82) is 0 Å². The predicted molar refractivity (Wildman–Crippen MR) is 106 cm³/mol. The van der Waals surface area contributed by atoms with E-state index in [2.05, 4.69) is 15.5 Å². The molecule has 1 aromatic carbocycles. The molecule has 0 saturated carbocycles. The number of H-pyrrole nitrogens is 1. The van der Waals surface area contributed by atoms with Crippen LogP contribution in [-0.4, -0.2) is 59.3 Å². The number of nitrogens with zero attached hydrogens (tertiary/aromatic N) is 3. The predicted octanol–water partition coefficient (Wildman–Crippen LogP) is 1.14. The lowest BCUT2D eigenvalue weighted by Crippen LogP contribution is -2.39. The highest BCUT2D eigenvalue weighted by Gasteiger charge is 2.23.